The van der Waals surface area contributed by atoms with E-state index in [1.165, 1.54) is 4.70 Å². The first-order valence-corrected chi connectivity index (χ1v) is 10.1. The van der Waals surface area contributed by atoms with Gasteiger partial charge in [-0.25, -0.2) is 15.0 Å². The van der Waals surface area contributed by atoms with E-state index in [9.17, 15) is 0 Å². The molecule has 0 aliphatic heterocycles. The maximum atomic E-state index is 6.16. The summed E-state index contributed by atoms with van der Waals surface area (Å²) in [6.45, 7) is 1.97. The van der Waals surface area contributed by atoms with Gasteiger partial charge in [0.2, 0.25) is 5.88 Å². The number of benzene rings is 1. The third-order valence-electron chi connectivity index (χ3n) is 4.92. The number of aromatic nitrogens is 4. The van der Waals surface area contributed by atoms with E-state index in [2.05, 4.69) is 31.3 Å². The molecule has 1 saturated carbocycles. The van der Waals surface area contributed by atoms with Gasteiger partial charge in [-0.1, -0.05) is 23.5 Å². The summed E-state index contributed by atoms with van der Waals surface area (Å²) in [6.07, 6.45) is 7.09. The van der Waals surface area contributed by atoms with Gasteiger partial charge in [-0.05, 0) is 31.2 Å². The van der Waals surface area contributed by atoms with E-state index in [4.69, 9.17) is 4.74 Å². The molecule has 3 heterocycles. The number of pyridine rings is 1. The highest BCUT2D eigenvalue weighted by Crippen LogP contribution is 2.34. The molecule has 1 N–H and O–H groups in total. The number of hydrogen-bond acceptors (Lipinski definition) is 7. The lowest BCUT2D eigenvalue weighted by molar-refractivity contribution is 0.103. The van der Waals surface area contributed by atoms with Gasteiger partial charge < -0.3 is 10.1 Å². The van der Waals surface area contributed by atoms with E-state index in [-0.39, 0.29) is 6.10 Å². The molecule has 1 aliphatic rings. The molecule has 0 atom stereocenters. The van der Waals surface area contributed by atoms with Crippen molar-refractivity contribution >= 4 is 26.7 Å². The summed E-state index contributed by atoms with van der Waals surface area (Å²) in [4.78, 5) is 17.9. The van der Waals surface area contributed by atoms with Crippen molar-refractivity contribution < 1.29 is 4.74 Å². The Balaban J connectivity index is 1.25. The smallest absolute Gasteiger partial charge is 0.240 e. The maximum Gasteiger partial charge on any atom is 0.240 e. The van der Waals surface area contributed by atoms with E-state index in [0.29, 0.717) is 11.9 Å². The highest BCUT2D eigenvalue weighted by molar-refractivity contribution is 7.22. The highest BCUT2D eigenvalue weighted by Gasteiger charge is 2.32. The summed E-state index contributed by atoms with van der Waals surface area (Å²) >= 11 is 1.69. The topological polar surface area (TPSA) is 72.8 Å². The molecule has 0 spiro atoms. The maximum absolute atomic E-state index is 6.16. The summed E-state index contributed by atoms with van der Waals surface area (Å²) in [6, 6.07) is 12.5. The molecule has 0 radical (unpaired) electrons. The number of ether oxygens (including phenoxy) is 1. The molecule has 140 valence electrons. The highest BCUT2D eigenvalue weighted by atomic mass is 32.1. The molecular formula is C21H19N5OS. The van der Waals surface area contributed by atoms with E-state index >= 15 is 0 Å². The minimum absolute atomic E-state index is 0.124. The van der Waals surface area contributed by atoms with Crippen LogP contribution in [0.15, 0.2) is 55.0 Å². The first-order chi connectivity index (χ1) is 13.8. The van der Waals surface area contributed by atoms with Crippen molar-refractivity contribution in [1.29, 1.82) is 0 Å². The average molecular weight is 389 g/mol. The summed E-state index contributed by atoms with van der Waals surface area (Å²) in [7, 11) is 0. The lowest BCUT2D eigenvalue weighted by Gasteiger charge is -2.35. The normalized spacial score (nSPS) is 18.6. The molecule has 5 rings (SSSR count). The van der Waals surface area contributed by atoms with E-state index < -0.39 is 0 Å². The monoisotopic (exact) mass is 389 g/mol. The minimum Gasteiger partial charge on any atom is -0.473 e. The van der Waals surface area contributed by atoms with Crippen molar-refractivity contribution in [2.75, 3.05) is 5.32 Å². The fourth-order valence-corrected chi connectivity index (χ4v) is 4.32. The zero-order valence-corrected chi connectivity index (χ0v) is 16.2. The van der Waals surface area contributed by atoms with Gasteiger partial charge in [-0.2, -0.15) is 0 Å². The number of fused-ring (bicyclic) bond motifs is 1. The Bertz CT molecular complexity index is 1090. The van der Waals surface area contributed by atoms with Crippen molar-refractivity contribution in [2.24, 2.45) is 0 Å². The van der Waals surface area contributed by atoms with Gasteiger partial charge in [0.15, 0.2) is 5.13 Å². The molecule has 1 fully saturated rings. The quantitative estimate of drug-likeness (QED) is 0.543. The average Bonchev–Trinajstić information content (AvgIpc) is 3.10. The van der Waals surface area contributed by atoms with Crippen LogP contribution < -0.4 is 10.1 Å². The van der Waals surface area contributed by atoms with Gasteiger partial charge >= 0.3 is 0 Å². The van der Waals surface area contributed by atoms with Crippen LogP contribution in [0.2, 0.25) is 0 Å². The third kappa shape index (κ3) is 3.29. The lowest BCUT2D eigenvalue weighted by atomic mass is 9.89. The molecule has 28 heavy (non-hydrogen) atoms. The van der Waals surface area contributed by atoms with Gasteiger partial charge in [-0.3, -0.25) is 4.98 Å². The SMILES string of the molecule is Cc1ncccc1-c1nccnc1OC1CC(Nc2nc3ccccc3s2)C1. The Labute approximate surface area is 166 Å². The van der Waals surface area contributed by atoms with Crippen LogP contribution in [0, 0.1) is 6.92 Å². The first kappa shape index (κ1) is 17.1. The van der Waals surface area contributed by atoms with Crippen LogP contribution in [0.1, 0.15) is 18.5 Å². The second-order valence-corrected chi connectivity index (χ2v) is 7.92. The van der Waals surface area contributed by atoms with Gasteiger partial charge in [0.05, 0.1) is 10.2 Å². The predicted molar refractivity (Wildman–Crippen MR) is 111 cm³/mol. The van der Waals surface area contributed by atoms with Crippen molar-refractivity contribution in [3.05, 3.63) is 60.7 Å². The Kier molecular flexibility index (Phi) is 4.37. The number of nitrogens with one attached hydrogen (secondary N) is 1. The number of hydrogen-bond donors (Lipinski definition) is 1. The summed E-state index contributed by atoms with van der Waals surface area (Å²) < 4.78 is 7.36. The van der Waals surface area contributed by atoms with Crippen molar-refractivity contribution in [3.63, 3.8) is 0 Å². The van der Waals surface area contributed by atoms with Crippen LogP contribution in [0.5, 0.6) is 5.88 Å². The zero-order valence-electron chi connectivity index (χ0n) is 15.4. The van der Waals surface area contributed by atoms with Crippen LogP contribution in [0.3, 0.4) is 0 Å². The number of rotatable bonds is 5. The fourth-order valence-electron chi connectivity index (χ4n) is 3.38. The lowest BCUT2D eigenvalue weighted by Crippen LogP contribution is -2.42. The summed E-state index contributed by atoms with van der Waals surface area (Å²) in [5.74, 6) is 0.571. The number of aryl methyl sites for hydroxylation is 1. The van der Waals surface area contributed by atoms with Crippen LogP contribution in [0.25, 0.3) is 21.5 Å². The molecule has 7 heteroatoms. The van der Waals surface area contributed by atoms with Crippen LogP contribution in [0.4, 0.5) is 5.13 Å². The molecule has 3 aromatic heterocycles. The Morgan fingerprint density at radius 2 is 1.86 bits per heavy atom. The van der Waals surface area contributed by atoms with Gasteiger partial charge in [-0.15, -0.1) is 0 Å². The number of thiazole rings is 1. The van der Waals surface area contributed by atoms with Crippen molar-refractivity contribution in [1.82, 2.24) is 19.9 Å². The summed E-state index contributed by atoms with van der Waals surface area (Å²) in [5, 5.41) is 4.49. The van der Waals surface area contributed by atoms with Gasteiger partial charge in [0.25, 0.3) is 0 Å². The molecular weight excluding hydrogens is 370 g/mol. The van der Waals surface area contributed by atoms with Gasteiger partial charge in [0.1, 0.15) is 11.8 Å². The van der Waals surface area contributed by atoms with Crippen molar-refractivity contribution in [2.45, 2.75) is 31.9 Å². The van der Waals surface area contributed by atoms with Crippen molar-refractivity contribution in [3.8, 4) is 17.1 Å². The Morgan fingerprint density at radius 3 is 2.71 bits per heavy atom. The molecule has 4 aromatic rings. The molecule has 0 bridgehead atoms. The predicted octanol–water partition coefficient (Wildman–Crippen LogP) is 4.48. The summed E-state index contributed by atoms with van der Waals surface area (Å²) in [5.41, 5.74) is 3.65. The molecule has 0 unspecified atom stereocenters. The standard InChI is InChI=1S/C21H19N5OS/c1-13-16(5-4-8-22-13)19-20(24-10-9-23-19)27-15-11-14(12-15)25-21-26-17-6-2-3-7-18(17)28-21/h2-10,14-15H,11-12H2,1H3,(H,25,26). The molecule has 6 nitrogen and oxygen atoms in total. The second kappa shape index (κ2) is 7.16. The fraction of sp³-hybridized carbons (Fsp3) is 0.238. The van der Waals surface area contributed by atoms with Gasteiger partial charge in [0, 0.05) is 48.7 Å². The number of anilines is 1. The molecule has 0 amide bonds. The molecule has 0 saturated heterocycles. The van der Waals surface area contributed by atoms with Crippen LogP contribution in [-0.4, -0.2) is 32.1 Å². The Hall–Kier alpha value is -3.06. The van der Waals surface area contributed by atoms with Crippen LogP contribution in [-0.2, 0) is 0 Å². The molecule has 1 aromatic carbocycles. The van der Waals surface area contributed by atoms with E-state index in [1.54, 1.807) is 29.9 Å². The van der Waals surface area contributed by atoms with E-state index in [0.717, 1.165) is 40.4 Å². The molecule has 1 aliphatic carbocycles. The zero-order chi connectivity index (χ0) is 18.9. The third-order valence-corrected chi connectivity index (χ3v) is 5.89. The largest absolute Gasteiger partial charge is 0.473 e. The second-order valence-electron chi connectivity index (χ2n) is 6.89. The Morgan fingerprint density at radius 1 is 1.00 bits per heavy atom. The van der Waals surface area contributed by atoms with E-state index in [1.807, 2.05) is 37.3 Å². The first-order valence-electron chi connectivity index (χ1n) is 9.28. The number of nitrogens with zero attached hydrogens (tertiary/aromatic N) is 4. The minimum atomic E-state index is 0.124. The van der Waals surface area contributed by atoms with Crippen LogP contribution >= 0.6 is 11.3 Å². The number of para-hydroxylation sites is 1.